The number of nitrogens with one attached hydrogen (secondary N) is 2. The van der Waals surface area contributed by atoms with Gasteiger partial charge in [0.1, 0.15) is 4.70 Å². The molecule has 3 aromatic rings. The molecule has 2 aromatic heterocycles. The van der Waals surface area contributed by atoms with E-state index in [1.165, 1.54) is 16.9 Å². The third-order valence-corrected chi connectivity index (χ3v) is 6.84. The highest BCUT2D eigenvalue weighted by atomic mass is 32.1. The number of fused-ring (bicyclic) bond motifs is 1. The van der Waals surface area contributed by atoms with Crippen molar-refractivity contribution >= 4 is 33.4 Å². The van der Waals surface area contributed by atoms with E-state index in [4.69, 9.17) is 4.98 Å². The van der Waals surface area contributed by atoms with E-state index in [2.05, 4.69) is 48.4 Å². The zero-order valence-electron chi connectivity index (χ0n) is 17.7. The minimum atomic E-state index is -0.121. The van der Waals surface area contributed by atoms with Crippen molar-refractivity contribution in [2.45, 2.75) is 46.1 Å². The van der Waals surface area contributed by atoms with E-state index in [0.29, 0.717) is 17.2 Å². The Morgan fingerprint density at radius 3 is 2.87 bits per heavy atom. The van der Waals surface area contributed by atoms with Crippen LogP contribution in [-0.4, -0.2) is 35.0 Å². The fourth-order valence-corrected chi connectivity index (χ4v) is 4.76. The van der Waals surface area contributed by atoms with Crippen LogP contribution in [0, 0.1) is 12.8 Å². The topological polar surface area (TPSA) is 78.1 Å². The summed E-state index contributed by atoms with van der Waals surface area (Å²) in [6.45, 7) is 7.50. The van der Waals surface area contributed by atoms with Gasteiger partial charge in [-0.3, -0.25) is 14.6 Å². The Morgan fingerprint density at radius 1 is 1.37 bits per heavy atom. The van der Waals surface area contributed by atoms with Crippen LogP contribution < -0.4 is 15.8 Å². The number of benzene rings is 1. The second-order valence-corrected chi connectivity index (χ2v) is 9.07. The zero-order valence-corrected chi connectivity index (χ0v) is 18.5. The van der Waals surface area contributed by atoms with E-state index in [-0.39, 0.29) is 23.4 Å². The number of aromatic nitrogens is 2. The van der Waals surface area contributed by atoms with E-state index in [1.54, 1.807) is 0 Å². The first-order chi connectivity index (χ1) is 14.5. The number of H-pyrrole nitrogens is 1. The van der Waals surface area contributed by atoms with Gasteiger partial charge in [-0.2, -0.15) is 0 Å². The molecule has 1 aromatic carbocycles. The van der Waals surface area contributed by atoms with Gasteiger partial charge in [-0.15, -0.1) is 11.3 Å². The molecule has 1 aliphatic rings. The van der Waals surface area contributed by atoms with Gasteiger partial charge in [0.25, 0.3) is 5.56 Å². The third-order valence-electron chi connectivity index (χ3n) is 5.87. The van der Waals surface area contributed by atoms with Gasteiger partial charge in [0.2, 0.25) is 11.9 Å². The second kappa shape index (κ2) is 8.60. The van der Waals surface area contributed by atoms with Crippen LogP contribution in [0.15, 0.2) is 34.4 Å². The molecule has 0 saturated carbocycles. The smallest absolute Gasteiger partial charge is 0.270 e. The molecule has 4 rings (SSSR count). The average molecular weight is 425 g/mol. The van der Waals surface area contributed by atoms with Gasteiger partial charge in [0.15, 0.2) is 0 Å². The number of nitrogens with zero attached hydrogens (tertiary/aromatic N) is 2. The molecule has 1 amide bonds. The Labute approximate surface area is 180 Å². The maximum Gasteiger partial charge on any atom is 0.270 e. The average Bonchev–Trinajstić information content (AvgIpc) is 3.19. The number of carbonyl (C=O) groups is 1. The fourth-order valence-electron chi connectivity index (χ4n) is 3.85. The first kappa shape index (κ1) is 20.6. The van der Waals surface area contributed by atoms with E-state index in [0.717, 1.165) is 42.5 Å². The SMILES string of the molecule is CC[C@@H](C)NC(=O)[C@H]1CCCN(c2nc3c(-c4ccc(C)cc4)csc3c(=O)[nH]2)C1. The van der Waals surface area contributed by atoms with Gasteiger partial charge in [-0.1, -0.05) is 36.8 Å². The number of carbonyl (C=O) groups excluding carboxylic acids is 1. The summed E-state index contributed by atoms with van der Waals surface area (Å²) < 4.78 is 0.636. The molecule has 30 heavy (non-hydrogen) atoms. The molecule has 6 nitrogen and oxygen atoms in total. The lowest BCUT2D eigenvalue weighted by atomic mass is 9.97. The second-order valence-electron chi connectivity index (χ2n) is 8.19. The van der Waals surface area contributed by atoms with Crippen molar-refractivity contribution in [3.63, 3.8) is 0 Å². The minimum Gasteiger partial charge on any atom is -0.353 e. The molecule has 0 unspecified atom stereocenters. The van der Waals surface area contributed by atoms with Crippen molar-refractivity contribution in [2.24, 2.45) is 5.92 Å². The Kier molecular flexibility index (Phi) is 5.90. The molecule has 3 heterocycles. The minimum absolute atomic E-state index is 0.0900. The van der Waals surface area contributed by atoms with Crippen molar-refractivity contribution in [1.82, 2.24) is 15.3 Å². The van der Waals surface area contributed by atoms with Gasteiger partial charge in [0, 0.05) is 30.1 Å². The molecule has 0 aliphatic carbocycles. The number of piperidine rings is 1. The van der Waals surface area contributed by atoms with E-state index < -0.39 is 0 Å². The summed E-state index contributed by atoms with van der Waals surface area (Å²) in [7, 11) is 0. The lowest BCUT2D eigenvalue weighted by Crippen LogP contribution is -2.46. The fraction of sp³-hybridized carbons (Fsp3) is 0.435. The van der Waals surface area contributed by atoms with Gasteiger partial charge in [-0.05, 0) is 38.7 Å². The van der Waals surface area contributed by atoms with Gasteiger partial charge in [-0.25, -0.2) is 4.98 Å². The highest BCUT2D eigenvalue weighted by molar-refractivity contribution is 7.17. The molecule has 2 atom stereocenters. The quantitative estimate of drug-likeness (QED) is 0.647. The first-order valence-electron chi connectivity index (χ1n) is 10.6. The summed E-state index contributed by atoms with van der Waals surface area (Å²) >= 11 is 1.42. The molecule has 158 valence electrons. The molecule has 0 spiro atoms. The number of hydrogen-bond donors (Lipinski definition) is 2. The number of aryl methyl sites for hydroxylation is 1. The molecule has 0 radical (unpaired) electrons. The molecule has 2 N–H and O–H groups in total. The van der Waals surface area contributed by atoms with Crippen LogP contribution in [0.2, 0.25) is 0 Å². The van der Waals surface area contributed by atoms with E-state index in [9.17, 15) is 9.59 Å². The molecule has 1 fully saturated rings. The van der Waals surface area contributed by atoms with Crippen LogP contribution >= 0.6 is 11.3 Å². The largest absolute Gasteiger partial charge is 0.353 e. The number of thiophene rings is 1. The van der Waals surface area contributed by atoms with Gasteiger partial charge >= 0.3 is 0 Å². The van der Waals surface area contributed by atoms with Crippen LogP contribution in [-0.2, 0) is 4.79 Å². The maximum absolute atomic E-state index is 12.7. The van der Waals surface area contributed by atoms with E-state index in [1.807, 2.05) is 17.2 Å². The molecule has 1 aliphatic heterocycles. The van der Waals surface area contributed by atoms with Crippen LogP contribution in [0.5, 0.6) is 0 Å². The van der Waals surface area contributed by atoms with Crippen molar-refractivity contribution in [3.05, 3.63) is 45.6 Å². The van der Waals surface area contributed by atoms with Gasteiger partial charge in [0.05, 0.1) is 11.4 Å². The zero-order chi connectivity index (χ0) is 21.3. The molecule has 7 heteroatoms. The lowest BCUT2D eigenvalue weighted by molar-refractivity contribution is -0.125. The normalized spacial score (nSPS) is 17.8. The standard InChI is InChI=1S/C23H28N4O2S/c1-4-15(3)24-21(28)17-6-5-11-27(12-17)23-25-19-18(13-30-20(19)22(29)26-23)16-9-7-14(2)8-10-16/h7-10,13,15,17H,4-6,11-12H2,1-3H3,(H,24,28)(H,25,26,29)/t15-,17+/m1/s1. The molecular weight excluding hydrogens is 396 g/mol. The van der Waals surface area contributed by atoms with Crippen LogP contribution in [0.4, 0.5) is 5.95 Å². The lowest BCUT2D eigenvalue weighted by Gasteiger charge is -2.32. The molecule has 0 bridgehead atoms. The van der Waals surface area contributed by atoms with Gasteiger partial charge < -0.3 is 10.2 Å². The maximum atomic E-state index is 12.7. The third kappa shape index (κ3) is 4.12. The number of rotatable bonds is 5. The van der Waals surface area contributed by atoms with Crippen LogP contribution in [0.25, 0.3) is 21.3 Å². The van der Waals surface area contributed by atoms with Crippen molar-refractivity contribution < 1.29 is 4.79 Å². The highest BCUT2D eigenvalue weighted by Crippen LogP contribution is 2.32. The van der Waals surface area contributed by atoms with Crippen molar-refractivity contribution in [1.29, 1.82) is 0 Å². The number of aromatic amines is 1. The van der Waals surface area contributed by atoms with Crippen LogP contribution in [0.1, 0.15) is 38.7 Å². The van der Waals surface area contributed by atoms with Crippen LogP contribution in [0.3, 0.4) is 0 Å². The summed E-state index contributed by atoms with van der Waals surface area (Å²) in [5, 5.41) is 5.09. The summed E-state index contributed by atoms with van der Waals surface area (Å²) in [5.41, 5.74) is 3.84. The Balaban J connectivity index is 1.64. The molecular formula is C23H28N4O2S. The summed E-state index contributed by atoms with van der Waals surface area (Å²) in [5.74, 6) is 0.557. The monoisotopic (exact) mass is 424 g/mol. The number of anilines is 1. The van der Waals surface area contributed by atoms with Crippen molar-refractivity contribution in [2.75, 3.05) is 18.0 Å². The Morgan fingerprint density at radius 2 is 2.13 bits per heavy atom. The summed E-state index contributed by atoms with van der Waals surface area (Å²) in [6.07, 6.45) is 2.67. The Hall–Kier alpha value is -2.67. The Bertz CT molecular complexity index is 1100. The summed E-state index contributed by atoms with van der Waals surface area (Å²) in [6, 6.07) is 8.44. The van der Waals surface area contributed by atoms with Crippen molar-refractivity contribution in [3.8, 4) is 11.1 Å². The highest BCUT2D eigenvalue weighted by Gasteiger charge is 2.28. The first-order valence-corrected chi connectivity index (χ1v) is 11.5. The van der Waals surface area contributed by atoms with E-state index >= 15 is 0 Å². The predicted molar refractivity (Wildman–Crippen MR) is 123 cm³/mol. The summed E-state index contributed by atoms with van der Waals surface area (Å²) in [4.78, 5) is 35.2. The number of hydrogen-bond acceptors (Lipinski definition) is 5. The molecule has 1 saturated heterocycles. The number of amides is 1. The predicted octanol–water partition coefficient (Wildman–Crippen LogP) is 4.09.